The molecule has 0 spiro atoms. The summed E-state index contributed by atoms with van der Waals surface area (Å²) >= 11 is 3.30. The van der Waals surface area contributed by atoms with Crippen LogP contribution in [0, 0.1) is 0 Å². The van der Waals surface area contributed by atoms with Crippen molar-refractivity contribution in [3.05, 3.63) is 53.0 Å². The molecule has 2 aromatic rings. The molecule has 0 heterocycles. The van der Waals surface area contributed by atoms with Crippen LogP contribution < -0.4 is 10.5 Å². The SMILES string of the molecule is C=C(Br)COc1ccc2ccccc2c1CCN. The summed E-state index contributed by atoms with van der Waals surface area (Å²) in [6.07, 6.45) is 0.811. The standard InChI is InChI=1S/C15H16BrNO/c1-11(16)10-18-15-7-6-12-4-2-3-5-13(12)14(15)8-9-17/h2-7H,1,8-10,17H2. The van der Waals surface area contributed by atoms with Crippen molar-refractivity contribution >= 4 is 26.7 Å². The third-order valence-electron chi connectivity index (χ3n) is 2.78. The Labute approximate surface area is 116 Å². The maximum Gasteiger partial charge on any atom is 0.123 e. The molecule has 0 fully saturated rings. The van der Waals surface area contributed by atoms with Crippen LogP contribution in [0.15, 0.2) is 47.5 Å². The van der Waals surface area contributed by atoms with Crippen LogP contribution in [-0.4, -0.2) is 13.2 Å². The Balaban J connectivity index is 2.44. The average Bonchev–Trinajstić information content (AvgIpc) is 2.38. The van der Waals surface area contributed by atoms with Crippen molar-refractivity contribution in [2.24, 2.45) is 5.73 Å². The Morgan fingerprint density at radius 3 is 2.72 bits per heavy atom. The van der Waals surface area contributed by atoms with Crippen molar-refractivity contribution in [3.63, 3.8) is 0 Å². The van der Waals surface area contributed by atoms with E-state index in [-0.39, 0.29) is 0 Å². The largest absolute Gasteiger partial charge is 0.488 e. The van der Waals surface area contributed by atoms with Gasteiger partial charge in [0.15, 0.2) is 0 Å². The van der Waals surface area contributed by atoms with E-state index < -0.39 is 0 Å². The fourth-order valence-electron chi connectivity index (χ4n) is 2.01. The number of hydrogen-bond donors (Lipinski definition) is 1. The Morgan fingerprint density at radius 2 is 2.00 bits per heavy atom. The van der Waals surface area contributed by atoms with Crippen molar-refractivity contribution in [2.45, 2.75) is 6.42 Å². The normalized spacial score (nSPS) is 10.6. The molecule has 18 heavy (non-hydrogen) atoms. The minimum atomic E-state index is 0.468. The van der Waals surface area contributed by atoms with Crippen LogP contribution in [0.1, 0.15) is 5.56 Å². The summed E-state index contributed by atoms with van der Waals surface area (Å²) in [7, 11) is 0. The van der Waals surface area contributed by atoms with Gasteiger partial charge in [-0.25, -0.2) is 0 Å². The lowest BCUT2D eigenvalue weighted by Gasteiger charge is -2.13. The van der Waals surface area contributed by atoms with E-state index in [9.17, 15) is 0 Å². The molecule has 0 atom stereocenters. The molecule has 0 aliphatic carbocycles. The van der Waals surface area contributed by atoms with Gasteiger partial charge in [-0.1, -0.05) is 52.8 Å². The van der Waals surface area contributed by atoms with Gasteiger partial charge in [-0.3, -0.25) is 0 Å². The fraction of sp³-hybridized carbons (Fsp3) is 0.200. The number of ether oxygens (including phenoxy) is 1. The molecule has 0 saturated heterocycles. The van der Waals surface area contributed by atoms with Crippen LogP contribution in [0.2, 0.25) is 0 Å². The molecule has 0 aromatic heterocycles. The van der Waals surface area contributed by atoms with Crippen LogP contribution >= 0.6 is 15.9 Å². The smallest absolute Gasteiger partial charge is 0.123 e. The van der Waals surface area contributed by atoms with E-state index in [1.54, 1.807) is 0 Å². The molecular formula is C15H16BrNO. The van der Waals surface area contributed by atoms with Crippen molar-refractivity contribution in [1.29, 1.82) is 0 Å². The van der Waals surface area contributed by atoms with Crippen LogP contribution in [0.4, 0.5) is 0 Å². The van der Waals surface area contributed by atoms with Gasteiger partial charge < -0.3 is 10.5 Å². The highest BCUT2D eigenvalue weighted by atomic mass is 79.9. The van der Waals surface area contributed by atoms with Crippen LogP contribution in [0.3, 0.4) is 0 Å². The predicted octanol–water partition coefficient (Wildman–Crippen LogP) is 3.63. The highest BCUT2D eigenvalue weighted by Crippen LogP contribution is 2.28. The molecule has 2 N–H and O–H groups in total. The van der Waals surface area contributed by atoms with Crippen molar-refractivity contribution < 1.29 is 4.74 Å². The van der Waals surface area contributed by atoms with Gasteiger partial charge >= 0.3 is 0 Å². The van der Waals surface area contributed by atoms with Gasteiger partial charge in [0.2, 0.25) is 0 Å². The zero-order chi connectivity index (χ0) is 13.0. The monoisotopic (exact) mass is 305 g/mol. The van der Waals surface area contributed by atoms with Gasteiger partial charge in [0, 0.05) is 10.0 Å². The van der Waals surface area contributed by atoms with Gasteiger partial charge in [0.05, 0.1) is 0 Å². The minimum Gasteiger partial charge on any atom is -0.488 e. The minimum absolute atomic E-state index is 0.468. The molecular weight excluding hydrogens is 290 g/mol. The van der Waals surface area contributed by atoms with Gasteiger partial charge in [-0.05, 0) is 29.8 Å². The summed E-state index contributed by atoms with van der Waals surface area (Å²) in [5.41, 5.74) is 6.86. The molecule has 2 rings (SSSR count). The van der Waals surface area contributed by atoms with E-state index >= 15 is 0 Å². The highest BCUT2D eigenvalue weighted by Gasteiger charge is 2.08. The fourth-order valence-corrected chi connectivity index (χ4v) is 2.12. The number of hydrogen-bond acceptors (Lipinski definition) is 2. The zero-order valence-electron chi connectivity index (χ0n) is 10.2. The predicted molar refractivity (Wildman–Crippen MR) is 80.3 cm³/mol. The number of halogens is 1. The first-order valence-corrected chi connectivity index (χ1v) is 6.68. The molecule has 94 valence electrons. The number of nitrogens with two attached hydrogens (primary N) is 1. The van der Waals surface area contributed by atoms with Gasteiger partial charge in [0.1, 0.15) is 12.4 Å². The van der Waals surface area contributed by atoms with Crippen LogP contribution in [0.5, 0.6) is 5.75 Å². The topological polar surface area (TPSA) is 35.2 Å². The summed E-state index contributed by atoms with van der Waals surface area (Å²) in [5, 5.41) is 2.42. The number of benzene rings is 2. The Hall–Kier alpha value is -1.32. The lowest BCUT2D eigenvalue weighted by atomic mass is 10.0. The second-order valence-corrected chi connectivity index (χ2v) is 5.23. The number of fused-ring (bicyclic) bond motifs is 1. The van der Waals surface area contributed by atoms with Crippen molar-refractivity contribution in [1.82, 2.24) is 0 Å². The second kappa shape index (κ2) is 6.03. The molecule has 0 aliphatic rings. The molecule has 3 heteroatoms. The number of rotatable bonds is 5. The van der Waals surface area contributed by atoms with Crippen LogP contribution in [-0.2, 0) is 6.42 Å². The Morgan fingerprint density at radius 1 is 1.22 bits per heavy atom. The lowest BCUT2D eigenvalue weighted by Crippen LogP contribution is -2.06. The Bertz CT molecular complexity index is 565. The van der Waals surface area contributed by atoms with E-state index in [0.29, 0.717) is 13.2 Å². The van der Waals surface area contributed by atoms with Crippen LogP contribution in [0.25, 0.3) is 10.8 Å². The van der Waals surface area contributed by atoms with E-state index in [4.69, 9.17) is 10.5 Å². The summed E-state index contributed by atoms with van der Waals surface area (Å²) in [6, 6.07) is 12.4. The maximum absolute atomic E-state index is 5.76. The first-order valence-electron chi connectivity index (χ1n) is 5.89. The molecule has 2 aromatic carbocycles. The highest BCUT2D eigenvalue weighted by molar-refractivity contribution is 9.11. The van der Waals surface area contributed by atoms with E-state index in [2.05, 4.69) is 40.7 Å². The first kappa shape index (κ1) is 13.1. The summed E-state index contributed by atoms with van der Waals surface area (Å²) < 4.78 is 6.59. The molecule has 0 amide bonds. The van der Waals surface area contributed by atoms with E-state index in [0.717, 1.165) is 16.7 Å². The van der Waals surface area contributed by atoms with Crippen molar-refractivity contribution in [2.75, 3.05) is 13.2 Å². The first-order chi connectivity index (χ1) is 8.72. The van der Waals surface area contributed by atoms with E-state index in [1.165, 1.54) is 16.3 Å². The van der Waals surface area contributed by atoms with Gasteiger partial charge in [-0.15, -0.1) is 0 Å². The molecule has 0 radical (unpaired) electrons. The zero-order valence-corrected chi connectivity index (χ0v) is 11.7. The quantitative estimate of drug-likeness (QED) is 0.915. The second-order valence-electron chi connectivity index (χ2n) is 4.11. The Kier molecular flexibility index (Phi) is 4.39. The third-order valence-corrected chi connectivity index (χ3v) is 3.01. The van der Waals surface area contributed by atoms with E-state index in [1.807, 2.05) is 18.2 Å². The molecule has 0 unspecified atom stereocenters. The third kappa shape index (κ3) is 2.92. The maximum atomic E-state index is 5.76. The molecule has 0 aliphatic heterocycles. The van der Waals surface area contributed by atoms with Gasteiger partial charge in [0.25, 0.3) is 0 Å². The van der Waals surface area contributed by atoms with Gasteiger partial charge in [-0.2, -0.15) is 0 Å². The van der Waals surface area contributed by atoms with Crippen molar-refractivity contribution in [3.8, 4) is 5.75 Å². The summed E-state index contributed by atoms with van der Waals surface area (Å²) in [4.78, 5) is 0. The average molecular weight is 306 g/mol. The molecule has 0 bridgehead atoms. The molecule has 0 saturated carbocycles. The molecule has 2 nitrogen and oxygen atoms in total. The lowest BCUT2D eigenvalue weighted by molar-refractivity contribution is 0.357. The summed E-state index contributed by atoms with van der Waals surface area (Å²) in [5.74, 6) is 0.889. The summed E-state index contributed by atoms with van der Waals surface area (Å²) in [6.45, 7) is 4.85.